The Morgan fingerprint density at radius 3 is 2.33 bits per heavy atom. The van der Waals surface area contributed by atoms with Gasteiger partial charge in [0.05, 0.1) is 4.83 Å². The Hall–Kier alpha value is -0.330. The maximum Gasteiger partial charge on any atom is 0.179 e. The normalized spacial score (nSPS) is 11.9. The fourth-order valence-corrected chi connectivity index (χ4v) is 0.729. The first-order valence-electron chi connectivity index (χ1n) is 2.64. The largest absolute Gasteiger partial charge is 0.293 e. The van der Waals surface area contributed by atoms with E-state index in [9.17, 15) is 4.79 Å². The zero-order valence-corrected chi connectivity index (χ0v) is 7.16. The molecule has 50 valence electrons. The molecule has 0 rings (SSSR count). The molecule has 0 N–H and O–H groups in total. The second kappa shape index (κ2) is 3.65. The summed E-state index contributed by atoms with van der Waals surface area (Å²) in [5.74, 6) is 0.0463. The molecule has 0 aromatic heterocycles. The Kier molecular flexibility index (Phi) is 3.52. The number of alkyl halides is 1. The van der Waals surface area contributed by atoms with Crippen LogP contribution in [0.2, 0.25) is 0 Å². The van der Waals surface area contributed by atoms with Gasteiger partial charge in [-0.3, -0.25) is 4.79 Å². The van der Waals surface area contributed by atoms with Gasteiger partial charge in [-0.15, -0.1) is 5.73 Å². The van der Waals surface area contributed by atoms with Gasteiger partial charge in [-0.05, 0) is 13.8 Å². The second-order valence-corrected chi connectivity index (χ2v) is 3.16. The molecule has 0 fully saturated rings. The van der Waals surface area contributed by atoms with Crippen LogP contribution in [0.3, 0.4) is 0 Å². The average molecular weight is 189 g/mol. The van der Waals surface area contributed by atoms with E-state index in [4.69, 9.17) is 0 Å². The summed E-state index contributed by atoms with van der Waals surface area (Å²) in [5.41, 5.74) is 3.12. The van der Waals surface area contributed by atoms with Gasteiger partial charge >= 0.3 is 0 Å². The highest BCUT2D eigenvalue weighted by atomic mass is 79.9. The van der Waals surface area contributed by atoms with Crippen LogP contribution in [-0.2, 0) is 4.79 Å². The lowest BCUT2D eigenvalue weighted by atomic mass is 10.2. The van der Waals surface area contributed by atoms with Gasteiger partial charge in [0.1, 0.15) is 0 Å². The molecule has 0 aliphatic rings. The Bertz CT molecular complexity index is 164. The van der Waals surface area contributed by atoms with Gasteiger partial charge in [-0.1, -0.05) is 22.5 Å². The summed E-state index contributed by atoms with van der Waals surface area (Å²) in [6.07, 6.45) is 0. The summed E-state index contributed by atoms with van der Waals surface area (Å²) in [7, 11) is 0. The smallest absolute Gasteiger partial charge is 0.179 e. The summed E-state index contributed by atoms with van der Waals surface area (Å²) in [5, 5.41) is 0. The highest BCUT2D eigenvalue weighted by Crippen LogP contribution is 2.04. The number of allylic oxidation sites excluding steroid dienone is 1. The van der Waals surface area contributed by atoms with Crippen LogP contribution in [0, 0.1) is 0 Å². The fourth-order valence-electron chi connectivity index (χ4n) is 0.385. The Morgan fingerprint density at radius 1 is 1.78 bits per heavy atom. The van der Waals surface area contributed by atoms with Gasteiger partial charge in [-0.25, -0.2) is 0 Å². The van der Waals surface area contributed by atoms with E-state index in [-0.39, 0.29) is 10.6 Å². The van der Waals surface area contributed by atoms with Crippen LogP contribution in [0.1, 0.15) is 13.8 Å². The van der Waals surface area contributed by atoms with Crippen molar-refractivity contribution in [3.05, 3.63) is 17.9 Å². The first-order valence-corrected chi connectivity index (χ1v) is 3.56. The van der Waals surface area contributed by atoms with Crippen molar-refractivity contribution in [1.29, 1.82) is 0 Å². The molecule has 1 atom stereocenters. The van der Waals surface area contributed by atoms with Gasteiger partial charge in [0, 0.05) is 5.57 Å². The standard InChI is InChI=1S/C7H9BrO/c1-4-5(2)7(9)6(3)8/h6H,1H2,2-3H3. The molecule has 0 aromatic rings. The number of halogens is 1. The van der Waals surface area contributed by atoms with Crippen molar-refractivity contribution in [2.24, 2.45) is 0 Å². The van der Waals surface area contributed by atoms with Crippen LogP contribution in [0.4, 0.5) is 0 Å². The second-order valence-electron chi connectivity index (χ2n) is 1.78. The molecule has 1 nitrogen and oxygen atoms in total. The number of hydrogen-bond acceptors (Lipinski definition) is 1. The molecule has 0 saturated carbocycles. The predicted molar refractivity (Wildman–Crippen MR) is 41.7 cm³/mol. The molecule has 0 bridgehead atoms. The predicted octanol–water partition coefficient (Wildman–Crippen LogP) is 2.07. The lowest BCUT2D eigenvalue weighted by Crippen LogP contribution is -2.09. The molecular weight excluding hydrogens is 180 g/mol. The molecule has 0 radical (unpaired) electrons. The van der Waals surface area contributed by atoms with E-state index in [0.29, 0.717) is 5.57 Å². The molecule has 2 heteroatoms. The van der Waals surface area contributed by atoms with Crippen molar-refractivity contribution in [3.8, 4) is 0 Å². The number of carbonyl (C=O) groups excluding carboxylic acids is 1. The van der Waals surface area contributed by atoms with E-state index in [2.05, 4.69) is 28.2 Å². The van der Waals surface area contributed by atoms with Gasteiger partial charge in [-0.2, -0.15) is 0 Å². The Labute approximate surface area is 63.6 Å². The van der Waals surface area contributed by atoms with Gasteiger partial charge in [0.2, 0.25) is 0 Å². The number of ketones is 1. The minimum Gasteiger partial charge on any atom is -0.293 e. The lowest BCUT2D eigenvalue weighted by molar-refractivity contribution is -0.114. The topological polar surface area (TPSA) is 17.1 Å². The summed E-state index contributed by atoms with van der Waals surface area (Å²) in [6, 6.07) is 0. The number of hydrogen-bond donors (Lipinski definition) is 0. The number of rotatable bonds is 2. The maximum absolute atomic E-state index is 10.9. The Morgan fingerprint density at radius 2 is 2.22 bits per heavy atom. The van der Waals surface area contributed by atoms with Crippen LogP contribution in [0.25, 0.3) is 0 Å². The molecule has 0 aliphatic heterocycles. The monoisotopic (exact) mass is 188 g/mol. The van der Waals surface area contributed by atoms with E-state index in [0.717, 1.165) is 0 Å². The average Bonchev–Trinajstić information content (AvgIpc) is 1.84. The van der Waals surface area contributed by atoms with Crippen molar-refractivity contribution in [2.45, 2.75) is 18.7 Å². The quantitative estimate of drug-likeness (QED) is 0.369. The van der Waals surface area contributed by atoms with Crippen LogP contribution < -0.4 is 0 Å². The molecule has 0 spiro atoms. The summed E-state index contributed by atoms with van der Waals surface area (Å²) < 4.78 is 0. The summed E-state index contributed by atoms with van der Waals surface area (Å²) in [4.78, 5) is 10.8. The van der Waals surface area contributed by atoms with Gasteiger partial charge < -0.3 is 0 Å². The first-order chi connectivity index (χ1) is 4.09. The summed E-state index contributed by atoms with van der Waals surface area (Å²) >= 11 is 3.14. The van der Waals surface area contributed by atoms with Crippen molar-refractivity contribution < 1.29 is 4.79 Å². The molecule has 0 saturated heterocycles. The molecule has 1 unspecified atom stereocenters. The van der Waals surface area contributed by atoms with Crippen LogP contribution in [0.15, 0.2) is 17.9 Å². The van der Waals surface area contributed by atoms with Crippen LogP contribution in [0.5, 0.6) is 0 Å². The fraction of sp³-hybridized carbons (Fsp3) is 0.429. The van der Waals surface area contributed by atoms with Crippen molar-refractivity contribution in [1.82, 2.24) is 0 Å². The summed E-state index contributed by atoms with van der Waals surface area (Å²) in [6.45, 7) is 6.84. The Balaban J connectivity index is 4.23. The van der Waals surface area contributed by atoms with E-state index in [1.54, 1.807) is 13.8 Å². The maximum atomic E-state index is 10.9. The SMILES string of the molecule is C=C=C(C)C(=O)C(C)Br. The van der Waals surface area contributed by atoms with Crippen LogP contribution >= 0.6 is 15.9 Å². The molecular formula is C7H9BrO. The van der Waals surface area contributed by atoms with E-state index in [1.165, 1.54) is 0 Å². The van der Waals surface area contributed by atoms with Gasteiger partial charge in [0.15, 0.2) is 5.78 Å². The minimum absolute atomic E-state index is 0.0463. The third-order valence-electron chi connectivity index (χ3n) is 0.996. The zero-order chi connectivity index (χ0) is 7.44. The minimum atomic E-state index is -0.119. The van der Waals surface area contributed by atoms with Crippen LogP contribution in [-0.4, -0.2) is 10.6 Å². The van der Waals surface area contributed by atoms with E-state index < -0.39 is 0 Å². The zero-order valence-electron chi connectivity index (χ0n) is 5.57. The third kappa shape index (κ3) is 2.64. The van der Waals surface area contributed by atoms with Crippen molar-refractivity contribution in [2.75, 3.05) is 0 Å². The number of carbonyl (C=O) groups is 1. The molecule has 0 aliphatic carbocycles. The highest BCUT2D eigenvalue weighted by molar-refractivity contribution is 9.10. The van der Waals surface area contributed by atoms with E-state index >= 15 is 0 Å². The molecule has 0 aromatic carbocycles. The first kappa shape index (κ1) is 8.67. The highest BCUT2D eigenvalue weighted by Gasteiger charge is 2.08. The number of Topliss-reactive ketones (excluding diaryl/α,β-unsaturated/α-hetero) is 1. The third-order valence-corrected chi connectivity index (χ3v) is 1.41. The van der Waals surface area contributed by atoms with Crippen molar-refractivity contribution in [3.63, 3.8) is 0 Å². The molecule has 0 amide bonds. The van der Waals surface area contributed by atoms with E-state index in [1.807, 2.05) is 0 Å². The molecule has 0 heterocycles. The van der Waals surface area contributed by atoms with Crippen molar-refractivity contribution >= 4 is 21.7 Å². The lowest BCUT2D eigenvalue weighted by Gasteiger charge is -1.97. The molecule has 9 heavy (non-hydrogen) atoms. The van der Waals surface area contributed by atoms with Gasteiger partial charge in [0.25, 0.3) is 0 Å².